The molecule has 7 heteroatoms. The average Bonchev–Trinajstić information content (AvgIpc) is 3.21. The molecule has 0 amide bonds. The quantitative estimate of drug-likeness (QED) is 0.421. The van der Waals surface area contributed by atoms with Crippen molar-refractivity contribution < 1.29 is 0 Å². The van der Waals surface area contributed by atoms with Crippen LogP contribution in [0.4, 0.5) is 11.6 Å². The zero-order chi connectivity index (χ0) is 22.4. The number of hydrogen-bond donors (Lipinski definition) is 0. The van der Waals surface area contributed by atoms with Crippen LogP contribution in [0.2, 0.25) is 0 Å². The molecule has 1 aliphatic heterocycles. The maximum atomic E-state index is 5.08. The summed E-state index contributed by atoms with van der Waals surface area (Å²) in [4.78, 5) is 19.1. The average molecular weight is 436 g/mol. The molecule has 7 nitrogen and oxygen atoms in total. The molecule has 0 bridgehead atoms. The van der Waals surface area contributed by atoms with Crippen LogP contribution in [0.1, 0.15) is 11.3 Å². The number of hydrogen-bond acceptors (Lipinski definition) is 6. The van der Waals surface area contributed by atoms with Crippen molar-refractivity contribution in [2.24, 2.45) is 0 Å². The lowest BCUT2D eigenvalue weighted by Crippen LogP contribution is -2.47. The predicted octanol–water partition coefficient (Wildman–Crippen LogP) is 4.31. The van der Waals surface area contributed by atoms with Gasteiger partial charge in [0.15, 0.2) is 5.65 Å². The van der Waals surface area contributed by atoms with Crippen molar-refractivity contribution in [1.29, 1.82) is 0 Å². The van der Waals surface area contributed by atoms with Crippen molar-refractivity contribution in [2.45, 2.75) is 13.8 Å². The number of nitrogens with zero attached hydrogens (tertiary/aromatic N) is 7. The molecule has 1 fully saturated rings. The molecule has 2 aromatic carbocycles. The van der Waals surface area contributed by atoms with E-state index in [-0.39, 0.29) is 0 Å². The van der Waals surface area contributed by atoms with Gasteiger partial charge in [-0.15, -0.1) is 0 Å². The van der Waals surface area contributed by atoms with E-state index in [0.29, 0.717) is 0 Å². The summed E-state index contributed by atoms with van der Waals surface area (Å²) in [7, 11) is 0. The number of piperazine rings is 1. The first-order valence-corrected chi connectivity index (χ1v) is 11.3. The van der Waals surface area contributed by atoms with Gasteiger partial charge in [-0.2, -0.15) is 5.10 Å². The molecule has 5 aromatic rings. The molecule has 6 rings (SSSR count). The van der Waals surface area contributed by atoms with Crippen molar-refractivity contribution in [3.05, 3.63) is 78.1 Å². The summed E-state index contributed by atoms with van der Waals surface area (Å²) in [6.07, 6.45) is 1.88. The van der Waals surface area contributed by atoms with Gasteiger partial charge in [-0.3, -0.25) is 4.98 Å². The highest BCUT2D eigenvalue weighted by atomic mass is 15.3. The summed E-state index contributed by atoms with van der Waals surface area (Å²) < 4.78 is 1.96. The maximum Gasteiger partial charge on any atom is 0.165 e. The molecule has 0 spiro atoms. The number of para-hydroxylation sites is 3. The molecule has 4 heterocycles. The molecule has 164 valence electrons. The van der Waals surface area contributed by atoms with Gasteiger partial charge in [0.05, 0.1) is 28.6 Å². The molecule has 0 atom stereocenters. The van der Waals surface area contributed by atoms with Crippen molar-refractivity contribution in [2.75, 3.05) is 36.0 Å². The first-order valence-electron chi connectivity index (χ1n) is 11.3. The predicted molar refractivity (Wildman–Crippen MR) is 132 cm³/mol. The van der Waals surface area contributed by atoms with E-state index in [1.807, 2.05) is 53.3 Å². The Labute approximate surface area is 192 Å². The van der Waals surface area contributed by atoms with E-state index < -0.39 is 0 Å². The Bertz CT molecular complexity index is 1450. The fraction of sp³-hybridized carbons (Fsp3) is 0.231. The lowest BCUT2D eigenvalue weighted by Gasteiger charge is -2.36. The topological polar surface area (TPSA) is 63.0 Å². The van der Waals surface area contributed by atoms with Gasteiger partial charge in [0, 0.05) is 31.6 Å². The number of aryl methyl sites for hydroxylation is 2. The summed E-state index contributed by atoms with van der Waals surface area (Å²) in [6.45, 7) is 7.72. The van der Waals surface area contributed by atoms with Crippen molar-refractivity contribution in [1.82, 2.24) is 24.7 Å². The fourth-order valence-electron chi connectivity index (χ4n) is 4.66. The van der Waals surface area contributed by atoms with E-state index in [0.717, 1.165) is 71.3 Å². The van der Waals surface area contributed by atoms with Gasteiger partial charge in [0.25, 0.3) is 0 Å². The largest absolute Gasteiger partial charge is 0.353 e. The smallest absolute Gasteiger partial charge is 0.165 e. The Morgan fingerprint density at radius 2 is 1.39 bits per heavy atom. The Hall–Kier alpha value is -4.00. The zero-order valence-corrected chi connectivity index (χ0v) is 18.8. The number of aromatic nitrogens is 5. The molecule has 1 aliphatic rings. The minimum atomic E-state index is 0.878. The second-order valence-electron chi connectivity index (χ2n) is 8.52. The number of benzene rings is 2. The maximum absolute atomic E-state index is 5.08. The first kappa shape index (κ1) is 19.7. The van der Waals surface area contributed by atoms with Crippen LogP contribution >= 0.6 is 0 Å². The highest BCUT2D eigenvalue weighted by Gasteiger charge is 2.22. The van der Waals surface area contributed by atoms with Gasteiger partial charge in [0.2, 0.25) is 0 Å². The van der Waals surface area contributed by atoms with Crippen LogP contribution in [-0.2, 0) is 0 Å². The minimum Gasteiger partial charge on any atom is -0.353 e. The third-order valence-electron chi connectivity index (χ3n) is 6.36. The van der Waals surface area contributed by atoms with Crippen LogP contribution in [0.5, 0.6) is 0 Å². The van der Waals surface area contributed by atoms with E-state index in [1.165, 1.54) is 5.56 Å². The van der Waals surface area contributed by atoms with Gasteiger partial charge in [0.1, 0.15) is 11.6 Å². The van der Waals surface area contributed by atoms with E-state index in [1.54, 1.807) is 0 Å². The monoisotopic (exact) mass is 435 g/mol. The van der Waals surface area contributed by atoms with Crippen LogP contribution < -0.4 is 9.80 Å². The van der Waals surface area contributed by atoms with Crippen molar-refractivity contribution >= 4 is 33.7 Å². The van der Waals surface area contributed by atoms with E-state index >= 15 is 0 Å². The molecule has 0 unspecified atom stereocenters. The second kappa shape index (κ2) is 7.85. The standard InChI is InChI=1S/C26H25N7/c1-18-16-23(29-26-25(18)19(2)30-33(26)20-8-4-3-5-9-20)31-12-14-32(15-13-31)24-17-27-21-10-6-7-11-22(21)28-24/h3-11,16-17H,12-15H2,1-2H3. The molecule has 1 saturated heterocycles. The van der Waals surface area contributed by atoms with Gasteiger partial charge >= 0.3 is 0 Å². The van der Waals surface area contributed by atoms with Crippen LogP contribution in [0.25, 0.3) is 27.8 Å². The SMILES string of the molecule is Cc1cc(N2CCN(c3cnc4ccccc4n3)CC2)nc2c1c(C)nn2-c1ccccc1. The summed E-state index contributed by atoms with van der Waals surface area (Å²) in [5.41, 5.74) is 6.02. The lowest BCUT2D eigenvalue weighted by atomic mass is 10.1. The number of anilines is 2. The van der Waals surface area contributed by atoms with Gasteiger partial charge in [-0.25, -0.2) is 14.6 Å². The highest BCUT2D eigenvalue weighted by Crippen LogP contribution is 2.28. The lowest BCUT2D eigenvalue weighted by molar-refractivity contribution is 0.642. The third kappa shape index (κ3) is 3.46. The third-order valence-corrected chi connectivity index (χ3v) is 6.36. The van der Waals surface area contributed by atoms with Crippen molar-refractivity contribution in [3.63, 3.8) is 0 Å². The van der Waals surface area contributed by atoms with E-state index in [9.17, 15) is 0 Å². The fourth-order valence-corrected chi connectivity index (χ4v) is 4.66. The zero-order valence-electron chi connectivity index (χ0n) is 18.8. The number of fused-ring (bicyclic) bond motifs is 2. The normalized spacial score (nSPS) is 14.4. The van der Waals surface area contributed by atoms with Crippen LogP contribution in [-0.4, -0.2) is 50.9 Å². The molecule has 0 saturated carbocycles. The molecule has 0 aliphatic carbocycles. The number of pyridine rings is 1. The minimum absolute atomic E-state index is 0.878. The number of rotatable bonds is 3. The van der Waals surface area contributed by atoms with Gasteiger partial charge < -0.3 is 9.80 Å². The Balaban J connectivity index is 1.29. The molecule has 0 N–H and O–H groups in total. The first-order chi connectivity index (χ1) is 16.2. The molecular formula is C26H25N7. The Morgan fingerprint density at radius 3 is 2.15 bits per heavy atom. The van der Waals surface area contributed by atoms with Crippen molar-refractivity contribution in [3.8, 4) is 5.69 Å². The Kier molecular flexibility index (Phi) is 4.68. The van der Waals surface area contributed by atoms with Crippen LogP contribution in [0.3, 0.4) is 0 Å². The van der Waals surface area contributed by atoms with E-state index in [4.69, 9.17) is 15.1 Å². The molecule has 33 heavy (non-hydrogen) atoms. The summed E-state index contributed by atoms with van der Waals surface area (Å²) >= 11 is 0. The van der Waals surface area contributed by atoms with Crippen LogP contribution in [0, 0.1) is 13.8 Å². The summed E-state index contributed by atoms with van der Waals surface area (Å²) in [5, 5.41) is 5.93. The van der Waals surface area contributed by atoms with Crippen LogP contribution in [0.15, 0.2) is 66.9 Å². The second-order valence-corrected chi connectivity index (χ2v) is 8.52. The molecule has 3 aromatic heterocycles. The summed E-state index contributed by atoms with van der Waals surface area (Å²) in [5.74, 6) is 1.94. The molecule has 0 radical (unpaired) electrons. The van der Waals surface area contributed by atoms with Gasteiger partial charge in [-0.1, -0.05) is 30.3 Å². The summed E-state index contributed by atoms with van der Waals surface area (Å²) in [6, 6.07) is 20.4. The van der Waals surface area contributed by atoms with Gasteiger partial charge in [-0.05, 0) is 49.7 Å². The highest BCUT2D eigenvalue weighted by molar-refractivity contribution is 5.85. The molecular weight excluding hydrogens is 410 g/mol. The Morgan fingerprint density at radius 1 is 0.727 bits per heavy atom. The van der Waals surface area contributed by atoms with E-state index in [2.05, 4.69) is 46.8 Å².